The van der Waals surface area contributed by atoms with E-state index >= 15 is 0 Å². The van der Waals surface area contributed by atoms with Crippen LogP contribution in [0.5, 0.6) is 0 Å². The quantitative estimate of drug-likeness (QED) is 0.655. The van der Waals surface area contributed by atoms with E-state index in [0.29, 0.717) is 25.2 Å². The Morgan fingerprint density at radius 1 is 1.29 bits per heavy atom. The molecule has 1 N–H and O–H groups in total. The van der Waals surface area contributed by atoms with Gasteiger partial charge >= 0.3 is 0 Å². The second kappa shape index (κ2) is 8.58. The molecule has 0 amide bonds. The lowest BCUT2D eigenvalue weighted by molar-refractivity contribution is 0.124. The van der Waals surface area contributed by atoms with Gasteiger partial charge in [-0.3, -0.25) is 0 Å². The van der Waals surface area contributed by atoms with Gasteiger partial charge in [0.25, 0.3) is 0 Å². The molecule has 0 aliphatic rings. The van der Waals surface area contributed by atoms with Crippen LogP contribution >= 0.6 is 11.3 Å². The summed E-state index contributed by atoms with van der Waals surface area (Å²) in [5, 5.41) is 10.7. The molecule has 0 atom stereocenters. The average Bonchev–Trinajstić information content (AvgIpc) is 2.97. The number of rotatable bonds is 6. The van der Waals surface area contributed by atoms with E-state index in [2.05, 4.69) is 17.9 Å². The van der Waals surface area contributed by atoms with Crippen molar-refractivity contribution in [1.82, 2.24) is 0 Å². The van der Waals surface area contributed by atoms with Gasteiger partial charge in [-0.05, 0) is 35.2 Å². The summed E-state index contributed by atoms with van der Waals surface area (Å²) in [6.45, 7) is 1.00. The van der Waals surface area contributed by atoms with Crippen LogP contribution in [-0.4, -0.2) is 18.3 Å². The summed E-state index contributed by atoms with van der Waals surface area (Å²) in [6.07, 6.45) is 1.26. The van der Waals surface area contributed by atoms with Gasteiger partial charge in [-0.2, -0.15) is 0 Å². The maximum Gasteiger partial charge on any atom is 0.124 e. The van der Waals surface area contributed by atoms with Crippen LogP contribution in [0.15, 0.2) is 35.7 Å². The topological polar surface area (TPSA) is 29.5 Å². The molecule has 0 spiro atoms. The Morgan fingerprint density at radius 2 is 2.19 bits per heavy atom. The minimum absolute atomic E-state index is 0.0149. The van der Waals surface area contributed by atoms with Crippen molar-refractivity contribution < 1.29 is 14.2 Å². The van der Waals surface area contributed by atoms with Crippen LogP contribution in [0, 0.1) is 17.7 Å². The number of aliphatic hydroxyl groups excluding tert-OH is 1. The zero-order valence-electron chi connectivity index (χ0n) is 11.6. The number of thiophene rings is 1. The number of hydrogen-bond donors (Lipinski definition) is 1. The molecule has 0 fully saturated rings. The highest BCUT2D eigenvalue weighted by atomic mass is 32.1. The molecule has 2 rings (SSSR count). The highest BCUT2D eigenvalue weighted by molar-refractivity contribution is 7.09. The van der Waals surface area contributed by atoms with Gasteiger partial charge in [0.2, 0.25) is 0 Å². The lowest BCUT2D eigenvalue weighted by Crippen LogP contribution is -1.99. The van der Waals surface area contributed by atoms with Gasteiger partial charge in [0.15, 0.2) is 0 Å². The summed E-state index contributed by atoms with van der Waals surface area (Å²) in [7, 11) is 0. The van der Waals surface area contributed by atoms with Crippen LogP contribution in [0.4, 0.5) is 4.39 Å². The minimum atomic E-state index is -0.317. The van der Waals surface area contributed by atoms with Gasteiger partial charge in [0.1, 0.15) is 5.82 Å². The fourth-order valence-electron chi connectivity index (χ4n) is 1.84. The monoisotopic (exact) mass is 304 g/mol. The van der Waals surface area contributed by atoms with Crippen molar-refractivity contribution >= 4 is 11.3 Å². The van der Waals surface area contributed by atoms with E-state index < -0.39 is 0 Å². The van der Waals surface area contributed by atoms with Crippen molar-refractivity contribution in [2.75, 3.05) is 13.2 Å². The van der Waals surface area contributed by atoms with Gasteiger partial charge in [-0.15, -0.1) is 11.3 Å². The molecule has 110 valence electrons. The maximum absolute atomic E-state index is 13.5. The second-order valence-corrected chi connectivity index (χ2v) is 5.54. The van der Waals surface area contributed by atoms with Crippen molar-refractivity contribution in [1.29, 1.82) is 0 Å². The van der Waals surface area contributed by atoms with Crippen LogP contribution < -0.4 is 0 Å². The summed E-state index contributed by atoms with van der Waals surface area (Å²) < 4.78 is 19.1. The van der Waals surface area contributed by atoms with Gasteiger partial charge in [0.05, 0.1) is 19.8 Å². The number of benzene rings is 1. The number of halogens is 1. The normalized spacial score (nSPS) is 10.2. The minimum Gasteiger partial charge on any atom is -0.395 e. The van der Waals surface area contributed by atoms with Crippen LogP contribution in [-0.2, 0) is 17.8 Å². The zero-order chi connectivity index (χ0) is 14.9. The first-order valence-electron chi connectivity index (χ1n) is 6.77. The highest BCUT2D eigenvalue weighted by Gasteiger charge is 2.01. The SMILES string of the molecule is OCCC#Cc1cc(F)cc(COCCc2cccs2)c1. The first kappa shape index (κ1) is 15.7. The molecule has 1 aromatic carbocycles. The Hall–Kier alpha value is -1.67. The van der Waals surface area contributed by atoms with Crippen molar-refractivity contribution in [2.45, 2.75) is 19.4 Å². The van der Waals surface area contributed by atoms with Crippen molar-refractivity contribution in [3.63, 3.8) is 0 Å². The Kier molecular flexibility index (Phi) is 6.42. The Morgan fingerprint density at radius 3 is 2.95 bits per heavy atom. The van der Waals surface area contributed by atoms with E-state index in [1.54, 1.807) is 11.3 Å². The molecule has 0 saturated carbocycles. The average molecular weight is 304 g/mol. The van der Waals surface area contributed by atoms with E-state index in [1.807, 2.05) is 17.5 Å². The Bertz CT molecular complexity index is 611. The predicted octanol–water partition coefficient (Wildman–Crippen LogP) is 3.38. The fraction of sp³-hybridized carbons (Fsp3) is 0.294. The molecule has 2 nitrogen and oxygen atoms in total. The van der Waals surface area contributed by atoms with Crippen LogP contribution in [0.2, 0.25) is 0 Å². The Balaban J connectivity index is 1.86. The lowest BCUT2D eigenvalue weighted by Gasteiger charge is -2.05. The lowest BCUT2D eigenvalue weighted by atomic mass is 10.1. The first-order valence-corrected chi connectivity index (χ1v) is 7.65. The predicted molar refractivity (Wildman–Crippen MR) is 82.7 cm³/mol. The molecule has 1 aromatic heterocycles. The largest absolute Gasteiger partial charge is 0.395 e. The third-order valence-electron chi connectivity index (χ3n) is 2.77. The molecular weight excluding hydrogens is 287 g/mol. The molecule has 4 heteroatoms. The molecule has 2 aromatic rings. The zero-order valence-corrected chi connectivity index (χ0v) is 12.5. The van der Waals surface area contributed by atoms with Gasteiger partial charge in [-0.1, -0.05) is 17.9 Å². The molecule has 0 aliphatic heterocycles. The van der Waals surface area contributed by atoms with E-state index in [-0.39, 0.29) is 12.4 Å². The first-order chi connectivity index (χ1) is 10.3. The van der Waals surface area contributed by atoms with Crippen LogP contribution in [0.1, 0.15) is 22.4 Å². The van der Waals surface area contributed by atoms with Gasteiger partial charge in [-0.25, -0.2) is 4.39 Å². The summed E-state index contributed by atoms with van der Waals surface area (Å²) >= 11 is 1.71. The molecule has 21 heavy (non-hydrogen) atoms. The van der Waals surface area contributed by atoms with E-state index in [4.69, 9.17) is 9.84 Å². The number of aliphatic hydroxyl groups is 1. The number of hydrogen-bond acceptors (Lipinski definition) is 3. The molecule has 0 aliphatic carbocycles. The molecule has 0 unspecified atom stereocenters. The fourth-order valence-corrected chi connectivity index (χ4v) is 2.53. The maximum atomic E-state index is 13.5. The summed E-state index contributed by atoms with van der Waals surface area (Å²) in [4.78, 5) is 1.28. The number of ether oxygens (including phenoxy) is 1. The third-order valence-corrected chi connectivity index (χ3v) is 3.70. The Labute approximate surface area is 128 Å². The standard InChI is InChI=1S/C17H17FO2S/c18-16-11-14(4-1-2-7-19)10-15(12-16)13-20-8-6-17-5-3-9-21-17/h3,5,9-12,19H,2,6-8,13H2. The molecular formula is C17H17FO2S. The third kappa shape index (κ3) is 5.68. The molecule has 0 radical (unpaired) electrons. The second-order valence-electron chi connectivity index (χ2n) is 4.51. The van der Waals surface area contributed by atoms with Gasteiger partial charge < -0.3 is 9.84 Å². The van der Waals surface area contributed by atoms with Crippen molar-refractivity contribution in [3.05, 3.63) is 57.5 Å². The summed E-state index contributed by atoms with van der Waals surface area (Å²) in [5.74, 6) is 5.30. The van der Waals surface area contributed by atoms with E-state index in [0.717, 1.165) is 12.0 Å². The van der Waals surface area contributed by atoms with E-state index in [9.17, 15) is 4.39 Å². The van der Waals surface area contributed by atoms with Gasteiger partial charge in [0, 0.05) is 23.3 Å². The van der Waals surface area contributed by atoms with Crippen molar-refractivity contribution in [2.24, 2.45) is 0 Å². The molecule has 0 bridgehead atoms. The summed E-state index contributed by atoms with van der Waals surface area (Å²) in [5.41, 5.74) is 1.38. The van der Waals surface area contributed by atoms with Crippen molar-refractivity contribution in [3.8, 4) is 11.8 Å². The van der Waals surface area contributed by atoms with Crippen LogP contribution in [0.25, 0.3) is 0 Å². The molecule has 1 heterocycles. The van der Waals surface area contributed by atoms with E-state index in [1.165, 1.54) is 17.0 Å². The molecule has 0 saturated heterocycles. The smallest absolute Gasteiger partial charge is 0.124 e. The summed E-state index contributed by atoms with van der Waals surface area (Å²) in [6, 6.07) is 8.76. The van der Waals surface area contributed by atoms with Crippen LogP contribution in [0.3, 0.4) is 0 Å². The highest BCUT2D eigenvalue weighted by Crippen LogP contribution is 2.12.